The number of carbonyl (C=O) groups excluding carboxylic acids is 2. The second kappa shape index (κ2) is 53.1. The van der Waals surface area contributed by atoms with Gasteiger partial charge in [0, 0.05) is 13.0 Å². The molecule has 0 fully saturated rings. The molecule has 0 heterocycles. The van der Waals surface area contributed by atoms with Crippen molar-refractivity contribution in [2.45, 2.75) is 194 Å². The minimum absolute atomic E-state index is 0.00250. The summed E-state index contributed by atoms with van der Waals surface area (Å²) >= 11 is 0. The predicted octanol–water partition coefficient (Wildman–Crippen LogP) is 17.3. The van der Waals surface area contributed by atoms with E-state index < -0.39 is 6.10 Å². The molecule has 0 bridgehead atoms. The maximum Gasteiger partial charge on any atom is 0.309 e. The normalized spacial score (nSPS) is 13.5. The molecule has 1 atom stereocenters. The minimum Gasteiger partial charge on any atom is -0.461 e. The Balaban J connectivity index is 4.54. The van der Waals surface area contributed by atoms with Crippen molar-refractivity contribution >= 4 is 11.9 Å². The summed E-state index contributed by atoms with van der Waals surface area (Å²) < 4.78 is 17.2. The molecule has 0 aliphatic carbocycles. The molecule has 0 amide bonds. The number of allylic oxidation sites excluding steroid dienone is 23. The molecule has 1 unspecified atom stereocenters. The summed E-state index contributed by atoms with van der Waals surface area (Å²) in [6.45, 7) is 7.32. The lowest BCUT2D eigenvalue weighted by molar-refractivity contribution is -0.162. The van der Waals surface area contributed by atoms with Crippen LogP contribution in [0.15, 0.2) is 146 Å². The van der Waals surface area contributed by atoms with Crippen LogP contribution in [0.5, 0.6) is 0 Å². The maximum atomic E-state index is 12.8. The number of esters is 2. The van der Waals surface area contributed by atoms with Crippen LogP contribution in [0.4, 0.5) is 0 Å². The first-order valence-corrected chi connectivity index (χ1v) is 25.4. The fourth-order valence-corrected chi connectivity index (χ4v) is 6.17. The van der Waals surface area contributed by atoms with Crippen molar-refractivity contribution in [1.82, 2.24) is 0 Å². The van der Waals surface area contributed by atoms with Gasteiger partial charge in [0.2, 0.25) is 0 Å². The van der Waals surface area contributed by atoms with Crippen LogP contribution in [0.25, 0.3) is 0 Å². The van der Waals surface area contributed by atoms with Crippen LogP contribution in [0, 0.1) is 0 Å². The first kappa shape index (κ1) is 59.8. The Kier molecular flexibility index (Phi) is 49.6. The average molecular weight is 881 g/mol. The highest BCUT2D eigenvalue weighted by molar-refractivity contribution is 5.71. The largest absolute Gasteiger partial charge is 0.461 e. The first-order valence-electron chi connectivity index (χ1n) is 25.4. The summed E-state index contributed by atoms with van der Waals surface area (Å²) in [7, 11) is 0. The van der Waals surface area contributed by atoms with Crippen LogP contribution < -0.4 is 0 Å². The van der Waals surface area contributed by atoms with E-state index in [9.17, 15) is 9.59 Å². The van der Waals surface area contributed by atoms with Crippen molar-refractivity contribution in [3.05, 3.63) is 146 Å². The van der Waals surface area contributed by atoms with Crippen LogP contribution in [0.1, 0.15) is 188 Å². The van der Waals surface area contributed by atoms with E-state index in [1.165, 1.54) is 32.1 Å². The van der Waals surface area contributed by atoms with Crippen molar-refractivity contribution < 1.29 is 23.8 Å². The molecular weight excluding hydrogens is 789 g/mol. The van der Waals surface area contributed by atoms with Gasteiger partial charge in [0.1, 0.15) is 6.61 Å². The number of unbranched alkanes of at least 4 members (excludes halogenated alkanes) is 10. The third-order valence-corrected chi connectivity index (χ3v) is 9.87. The number of hydrogen-bond donors (Lipinski definition) is 0. The van der Waals surface area contributed by atoms with Gasteiger partial charge >= 0.3 is 11.9 Å². The summed E-state index contributed by atoms with van der Waals surface area (Å²) in [6, 6.07) is 0. The second-order valence-corrected chi connectivity index (χ2v) is 16.0. The molecule has 0 spiro atoms. The van der Waals surface area contributed by atoms with Gasteiger partial charge in [-0.1, -0.05) is 199 Å². The first-order chi connectivity index (χ1) is 31.6. The average Bonchev–Trinajstić information content (AvgIpc) is 3.30. The van der Waals surface area contributed by atoms with Crippen molar-refractivity contribution in [2.75, 3.05) is 19.8 Å². The summed E-state index contributed by atoms with van der Waals surface area (Å²) in [5, 5.41) is 0. The molecule has 0 saturated heterocycles. The predicted molar refractivity (Wildman–Crippen MR) is 278 cm³/mol. The van der Waals surface area contributed by atoms with Crippen LogP contribution in [-0.4, -0.2) is 37.9 Å². The highest BCUT2D eigenvalue weighted by Gasteiger charge is 2.17. The van der Waals surface area contributed by atoms with E-state index in [0.717, 1.165) is 122 Å². The molecule has 5 heteroatoms. The topological polar surface area (TPSA) is 61.8 Å². The van der Waals surface area contributed by atoms with Crippen LogP contribution in [0.3, 0.4) is 0 Å². The molecule has 0 radical (unpaired) electrons. The molecule has 0 aromatic heterocycles. The Hall–Kier alpha value is -4.22. The molecule has 0 N–H and O–H groups in total. The molecule has 0 aliphatic rings. The highest BCUT2D eigenvalue weighted by atomic mass is 16.6. The number of hydrogen-bond acceptors (Lipinski definition) is 5. The summed E-state index contributed by atoms with van der Waals surface area (Å²) in [5.74, 6) is -0.597. The Labute approximate surface area is 393 Å². The molecule has 358 valence electrons. The Morgan fingerprint density at radius 2 is 0.750 bits per heavy atom. The lowest BCUT2D eigenvalue weighted by Gasteiger charge is -2.18. The zero-order valence-corrected chi connectivity index (χ0v) is 41.0. The van der Waals surface area contributed by atoms with E-state index in [0.29, 0.717) is 13.0 Å². The smallest absolute Gasteiger partial charge is 0.309 e. The van der Waals surface area contributed by atoms with E-state index in [2.05, 4.69) is 154 Å². The van der Waals surface area contributed by atoms with Gasteiger partial charge in [-0.15, -0.1) is 0 Å². The molecule has 0 aromatic rings. The van der Waals surface area contributed by atoms with Crippen LogP contribution >= 0.6 is 0 Å². The molecule has 64 heavy (non-hydrogen) atoms. The van der Waals surface area contributed by atoms with Gasteiger partial charge in [-0.25, -0.2) is 0 Å². The van der Waals surface area contributed by atoms with Gasteiger partial charge in [-0.3, -0.25) is 9.59 Å². The van der Waals surface area contributed by atoms with Crippen molar-refractivity contribution in [3.8, 4) is 0 Å². The highest BCUT2D eigenvalue weighted by Crippen LogP contribution is 2.11. The van der Waals surface area contributed by atoms with Gasteiger partial charge in [-0.2, -0.15) is 0 Å². The molecule has 0 aromatic carbocycles. The van der Waals surface area contributed by atoms with Crippen molar-refractivity contribution in [1.29, 1.82) is 0 Å². The van der Waals surface area contributed by atoms with E-state index >= 15 is 0 Å². The Morgan fingerprint density at radius 1 is 0.375 bits per heavy atom. The van der Waals surface area contributed by atoms with Gasteiger partial charge in [0.25, 0.3) is 0 Å². The quantitative estimate of drug-likeness (QED) is 0.0347. The Morgan fingerprint density at radius 3 is 1.20 bits per heavy atom. The molecule has 0 rings (SSSR count). The monoisotopic (exact) mass is 881 g/mol. The zero-order chi connectivity index (χ0) is 46.3. The maximum absolute atomic E-state index is 12.8. The van der Waals surface area contributed by atoms with E-state index in [4.69, 9.17) is 14.2 Å². The van der Waals surface area contributed by atoms with Gasteiger partial charge in [0.15, 0.2) is 6.10 Å². The lowest BCUT2D eigenvalue weighted by Crippen LogP contribution is -2.30. The zero-order valence-electron chi connectivity index (χ0n) is 41.0. The summed E-state index contributed by atoms with van der Waals surface area (Å²) in [5.41, 5.74) is 0. The van der Waals surface area contributed by atoms with Crippen molar-refractivity contribution in [3.63, 3.8) is 0 Å². The Bertz CT molecular complexity index is 1410. The van der Waals surface area contributed by atoms with Gasteiger partial charge in [0.05, 0.1) is 13.0 Å². The lowest BCUT2D eigenvalue weighted by atomic mass is 10.1. The second-order valence-electron chi connectivity index (χ2n) is 16.0. The van der Waals surface area contributed by atoms with E-state index in [-0.39, 0.29) is 31.6 Å². The summed E-state index contributed by atoms with van der Waals surface area (Å²) in [6.07, 6.45) is 77.4. The van der Waals surface area contributed by atoms with E-state index in [1.54, 1.807) is 0 Å². The molecule has 0 aliphatic heterocycles. The van der Waals surface area contributed by atoms with Crippen molar-refractivity contribution in [2.24, 2.45) is 0 Å². The number of carbonyl (C=O) groups is 2. The third kappa shape index (κ3) is 50.4. The standard InChI is InChI=1S/C59H92O5/c1-4-7-10-13-16-19-22-25-28-29-30-33-36-39-42-45-48-51-54-62-55-57(64-59(61)53-50-47-44-41-38-35-32-27-24-21-18-15-12-9-6-3)56-63-58(60)52-49-46-43-40-37-34-31-26-23-20-17-14-11-8-5-2/h7-8,10-11,16-21,25-28,30-33,37,39-40,42,46,49,57H,4-6,9,12-15,22-24,29,34-36,38,41,43-45,47-48,50-56H2,1-3H3/b10-7-,11-8-,19-16-,20-17-,21-18-,28-25-,31-26-,32-27-,33-30-,40-37-,42-39-,49-46-. The van der Waals surface area contributed by atoms with Crippen LogP contribution in [0.2, 0.25) is 0 Å². The SMILES string of the molecule is CC/C=C\C/C=C\C/C=C\C/C=C\C/C=C\CCCCOCC(COC(=O)C/C=C\C/C=C\C/C=C\C/C=C\C/C=C\CC)OC(=O)CCCCCCC/C=C\C/C=C\CCCCC. The van der Waals surface area contributed by atoms with Gasteiger partial charge in [-0.05, 0) is 122 Å². The molecule has 5 nitrogen and oxygen atoms in total. The fourth-order valence-electron chi connectivity index (χ4n) is 6.17. The van der Waals surface area contributed by atoms with Crippen LogP contribution in [-0.2, 0) is 23.8 Å². The minimum atomic E-state index is -0.617. The molecular formula is C59H92O5. The molecule has 0 saturated carbocycles. The van der Waals surface area contributed by atoms with Gasteiger partial charge < -0.3 is 14.2 Å². The third-order valence-electron chi connectivity index (χ3n) is 9.87. The van der Waals surface area contributed by atoms with E-state index in [1.807, 2.05) is 12.2 Å². The number of rotatable bonds is 44. The summed E-state index contributed by atoms with van der Waals surface area (Å²) in [4.78, 5) is 25.3. The fraction of sp³-hybridized carbons (Fsp3) is 0.559. The number of ether oxygens (including phenoxy) is 3.